The number of carbonyl (C=O) groups is 2. The fourth-order valence-corrected chi connectivity index (χ4v) is 2.46. The molecule has 0 N–H and O–H groups in total. The molecule has 144 valence electrons. The zero-order valence-electron chi connectivity index (χ0n) is 15.9. The maximum Gasteiger partial charge on any atom is 0.342 e. The molecule has 0 aliphatic rings. The minimum absolute atomic E-state index is 0.221. The number of rotatable bonds is 8. The Labute approximate surface area is 158 Å². The van der Waals surface area contributed by atoms with Crippen LogP contribution in [0.4, 0.5) is 0 Å². The molecule has 0 aliphatic heterocycles. The first kappa shape index (κ1) is 20.1. The minimum Gasteiger partial charge on any atom is -0.497 e. The number of nitrogens with zero attached hydrogens (tertiary/aromatic N) is 1. The van der Waals surface area contributed by atoms with Crippen molar-refractivity contribution in [1.29, 1.82) is 0 Å². The SMILES string of the molecule is COc1ccc(C(=O)OCC(=O)N(C)Cc2ccccc2OC)c(OC)c1. The summed E-state index contributed by atoms with van der Waals surface area (Å²) in [4.78, 5) is 26.0. The molecule has 0 atom stereocenters. The smallest absolute Gasteiger partial charge is 0.342 e. The molecule has 0 aromatic heterocycles. The second-order valence-corrected chi connectivity index (χ2v) is 5.70. The maximum absolute atomic E-state index is 12.3. The Kier molecular flexibility index (Phi) is 7.05. The van der Waals surface area contributed by atoms with Crippen molar-refractivity contribution < 1.29 is 28.5 Å². The summed E-state index contributed by atoms with van der Waals surface area (Å²) >= 11 is 0. The molecular weight excluding hydrogens is 350 g/mol. The second-order valence-electron chi connectivity index (χ2n) is 5.70. The third-order valence-corrected chi connectivity index (χ3v) is 3.98. The van der Waals surface area contributed by atoms with Crippen molar-refractivity contribution in [2.75, 3.05) is 35.0 Å². The predicted octanol–water partition coefficient (Wildman–Crippen LogP) is 2.53. The summed E-state index contributed by atoms with van der Waals surface area (Å²) in [6.45, 7) is -0.0358. The van der Waals surface area contributed by atoms with Gasteiger partial charge in [-0.15, -0.1) is 0 Å². The molecule has 0 bridgehead atoms. The van der Waals surface area contributed by atoms with Crippen molar-refractivity contribution in [2.24, 2.45) is 0 Å². The Morgan fingerprint density at radius 2 is 1.63 bits per heavy atom. The van der Waals surface area contributed by atoms with Gasteiger partial charge in [0, 0.05) is 25.2 Å². The first-order valence-electron chi connectivity index (χ1n) is 8.25. The molecule has 0 saturated carbocycles. The van der Waals surface area contributed by atoms with Crippen LogP contribution in [0.25, 0.3) is 0 Å². The van der Waals surface area contributed by atoms with Crippen LogP contribution in [0, 0.1) is 0 Å². The fourth-order valence-electron chi connectivity index (χ4n) is 2.46. The first-order chi connectivity index (χ1) is 13.0. The van der Waals surface area contributed by atoms with Gasteiger partial charge in [-0.2, -0.15) is 0 Å². The van der Waals surface area contributed by atoms with E-state index in [0.29, 0.717) is 23.8 Å². The third-order valence-electron chi connectivity index (χ3n) is 3.98. The summed E-state index contributed by atoms with van der Waals surface area (Å²) in [6, 6.07) is 12.1. The van der Waals surface area contributed by atoms with Crippen molar-refractivity contribution >= 4 is 11.9 Å². The molecule has 0 aliphatic carbocycles. The topological polar surface area (TPSA) is 74.3 Å². The monoisotopic (exact) mass is 373 g/mol. The summed E-state index contributed by atoms with van der Waals surface area (Å²) in [6.07, 6.45) is 0. The Bertz CT molecular complexity index is 805. The lowest BCUT2D eigenvalue weighted by atomic mass is 10.2. The van der Waals surface area contributed by atoms with E-state index >= 15 is 0 Å². The molecule has 2 rings (SSSR count). The van der Waals surface area contributed by atoms with Crippen molar-refractivity contribution in [3.63, 3.8) is 0 Å². The Morgan fingerprint density at radius 3 is 2.30 bits per heavy atom. The van der Waals surface area contributed by atoms with Gasteiger partial charge in [0.15, 0.2) is 6.61 Å². The third kappa shape index (κ3) is 5.13. The van der Waals surface area contributed by atoms with Gasteiger partial charge in [0.2, 0.25) is 0 Å². The highest BCUT2D eigenvalue weighted by Crippen LogP contribution is 2.25. The summed E-state index contributed by atoms with van der Waals surface area (Å²) in [5.74, 6) is 0.581. The first-order valence-corrected chi connectivity index (χ1v) is 8.25. The molecule has 7 heteroatoms. The second kappa shape index (κ2) is 9.47. The standard InChI is InChI=1S/C20H23NO6/c1-21(12-14-7-5-6-8-17(14)25-3)19(22)13-27-20(23)16-10-9-15(24-2)11-18(16)26-4/h5-11H,12-13H2,1-4H3. The summed E-state index contributed by atoms with van der Waals surface area (Å²) in [7, 11) is 6.17. The highest BCUT2D eigenvalue weighted by Gasteiger charge is 2.18. The molecule has 0 radical (unpaired) electrons. The van der Waals surface area contributed by atoms with Gasteiger partial charge in [-0.1, -0.05) is 18.2 Å². The molecule has 1 amide bonds. The number of likely N-dealkylation sites (N-methyl/N-ethyl adjacent to an activating group) is 1. The van der Waals surface area contributed by atoms with Gasteiger partial charge >= 0.3 is 5.97 Å². The molecule has 2 aromatic rings. The number of hydrogen-bond acceptors (Lipinski definition) is 6. The van der Waals surface area contributed by atoms with Crippen molar-refractivity contribution in [3.05, 3.63) is 53.6 Å². The van der Waals surface area contributed by atoms with Crippen LogP contribution < -0.4 is 14.2 Å². The van der Waals surface area contributed by atoms with Crippen LogP contribution in [0.3, 0.4) is 0 Å². The van der Waals surface area contributed by atoms with Crippen LogP contribution >= 0.6 is 0 Å². The average Bonchev–Trinajstić information content (AvgIpc) is 2.71. The van der Waals surface area contributed by atoms with Crippen LogP contribution in [-0.4, -0.2) is 51.8 Å². The zero-order chi connectivity index (χ0) is 19.8. The summed E-state index contributed by atoms with van der Waals surface area (Å²) in [5, 5.41) is 0. The Balaban J connectivity index is 1.97. The van der Waals surface area contributed by atoms with Crippen LogP contribution in [0.2, 0.25) is 0 Å². The molecule has 0 fully saturated rings. The van der Waals surface area contributed by atoms with Gasteiger partial charge in [-0.25, -0.2) is 4.79 Å². The lowest BCUT2D eigenvalue weighted by Gasteiger charge is -2.19. The summed E-state index contributed by atoms with van der Waals surface area (Å²) in [5.41, 5.74) is 1.08. The normalized spacial score (nSPS) is 10.1. The quantitative estimate of drug-likeness (QED) is 0.662. The molecular formula is C20H23NO6. The average molecular weight is 373 g/mol. The number of ether oxygens (including phenoxy) is 4. The van der Waals surface area contributed by atoms with Gasteiger partial charge in [-0.3, -0.25) is 4.79 Å². The van der Waals surface area contributed by atoms with Crippen LogP contribution in [0.1, 0.15) is 15.9 Å². The number of amides is 1. The van der Waals surface area contributed by atoms with Gasteiger partial charge in [0.05, 0.1) is 21.3 Å². The highest BCUT2D eigenvalue weighted by atomic mass is 16.5. The molecule has 27 heavy (non-hydrogen) atoms. The van der Waals surface area contributed by atoms with Crippen molar-refractivity contribution in [2.45, 2.75) is 6.54 Å². The summed E-state index contributed by atoms with van der Waals surface area (Å²) < 4.78 is 20.7. The number of methoxy groups -OCH3 is 3. The number of para-hydroxylation sites is 1. The molecule has 0 unspecified atom stereocenters. The van der Waals surface area contributed by atoms with E-state index < -0.39 is 5.97 Å². The number of esters is 1. The van der Waals surface area contributed by atoms with E-state index in [0.717, 1.165) is 5.56 Å². The Morgan fingerprint density at radius 1 is 0.926 bits per heavy atom. The van der Waals surface area contributed by atoms with Crippen molar-refractivity contribution in [3.8, 4) is 17.2 Å². The number of hydrogen-bond donors (Lipinski definition) is 0. The van der Waals surface area contributed by atoms with Crippen LogP contribution in [-0.2, 0) is 16.1 Å². The van der Waals surface area contributed by atoms with Crippen molar-refractivity contribution in [1.82, 2.24) is 4.90 Å². The van der Waals surface area contributed by atoms with E-state index in [4.69, 9.17) is 18.9 Å². The predicted molar refractivity (Wildman–Crippen MR) is 99.3 cm³/mol. The maximum atomic E-state index is 12.3. The lowest BCUT2D eigenvalue weighted by Crippen LogP contribution is -2.31. The van der Waals surface area contributed by atoms with E-state index in [2.05, 4.69) is 0 Å². The largest absolute Gasteiger partial charge is 0.497 e. The van der Waals surface area contributed by atoms with Gasteiger partial charge in [0.1, 0.15) is 22.8 Å². The van der Waals surface area contributed by atoms with Gasteiger partial charge in [0.25, 0.3) is 5.91 Å². The van der Waals surface area contributed by atoms with E-state index in [1.807, 2.05) is 24.3 Å². The lowest BCUT2D eigenvalue weighted by molar-refractivity contribution is -0.133. The molecule has 0 spiro atoms. The highest BCUT2D eigenvalue weighted by molar-refractivity contribution is 5.94. The minimum atomic E-state index is -0.645. The molecule has 0 saturated heterocycles. The molecule has 7 nitrogen and oxygen atoms in total. The van der Waals surface area contributed by atoms with Gasteiger partial charge < -0.3 is 23.8 Å². The van der Waals surface area contributed by atoms with Gasteiger partial charge in [-0.05, 0) is 18.2 Å². The van der Waals surface area contributed by atoms with E-state index in [1.165, 1.54) is 25.2 Å². The Hall–Kier alpha value is -3.22. The zero-order valence-corrected chi connectivity index (χ0v) is 15.9. The number of benzene rings is 2. The fraction of sp³-hybridized carbons (Fsp3) is 0.300. The van der Waals surface area contributed by atoms with Crippen LogP contribution in [0.5, 0.6) is 17.2 Å². The van der Waals surface area contributed by atoms with E-state index in [1.54, 1.807) is 26.3 Å². The molecule has 2 aromatic carbocycles. The van der Waals surface area contributed by atoms with Crippen LogP contribution in [0.15, 0.2) is 42.5 Å². The number of carbonyl (C=O) groups excluding carboxylic acids is 2. The van der Waals surface area contributed by atoms with E-state index in [9.17, 15) is 9.59 Å². The molecule has 0 heterocycles. The van der Waals surface area contributed by atoms with E-state index in [-0.39, 0.29) is 18.1 Å².